The van der Waals surface area contributed by atoms with E-state index in [9.17, 15) is 0 Å². The Morgan fingerprint density at radius 1 is 1.47 bits per heavy atom. The minimum atomic E-state index is 0.360. The number of hydrogen-bond donors (Lipinski definition) is 1. The summed E-state index contributed by atoms with van der Waals surface area (Å²) >= 11 is 5.95. The lowest BCUT2D eigenvalue weighted by Crippen LogP contribution is -2.24. The smallest absolute Gasteiger partial charge is 0.0587 e. The molecule has 2 nitrogen and oxygen atoms in total. The molecule has 0 bridgehead atoms. The van der Waals surface area contributed by atoms with Crippen molar-refractivity contribution in [2.45, 2.75) is 19.4 Å². The van der Waals surface area contributed by atoms with Gasteiger partial charge in [-0.1, -0.05) is 30.7 Å². The number of ether oxygens (including phenoxy) is 1. The van der Waals surface area contributed by atoms with Crippen LogP contribution in [0.3, 0.4) is 0 Å². The Balaban J connectivity index is 2.57. The van der Waals surface area contributed by atoms with Crippen molar-refractivity contribution >= 4 is 11.6 Å². The number of halogens is 1. The molecular formula is C12H18ClNO. The van der Waals surface area contributed by atoms with Crippen molar-refractivity contribution in [2.24, 2.45) is 0 Å². The van der Waals surface area contributed by atoms with E-state index in [0.717, 1.165) is 24.6 Å². The van der Waals surface area contributed by atoms with Gasteiger partial charge in [-0.3, -0.25) is 0 Å². The zero-order valence-electron chi connectivity index (χ0n) is 9.29. The Labute approximate surface area is 96.6 Å². The molecule has 0 aliphatic rings. The van der Waals surface area contributed by atoms with Gasteiger partial charge in [-0.25, -0.2) is 0 Å². The molecule has 0 saturated heterocycles. The van der Waals surface area contributed by atoms with Gasteiger partial charge in [0.05, 0.1) is 6.61 Å². The molecule has 1 rings (SSSR count). The van der Waals surface area contributed by atoms with Crippen LogP contribution in [0.5, 0.6) is 0 Å². The third-order valence-electron chi connectivity index (χ3n) is 2.36. The number of methoxy groups -OCH3 is 1. The van der Waals surface area contributed by atoms with Crippen molar-refractivity contribution in [3.63, 3.8) is 0 Å². The standard InChI is InChI=1S/C12H18ClNO/c1-3-12(14-7-8-15-2)10-5-4-6-11(13)9-10/h4-6,9,12,14H,3,7-8H2,1-2H3/t12-/m1/s1. The number of hydrogen-bond acceptors (Lipinski definition) is 2. The first-order chi connectivity index (χ1) is 7.27. The van der Waals surface area contributed by atoms with Gasteiger partial charge >= 0.3 is 0 Å². The highest BCUT2D eigenvalue weighted by Gasteiger charge is 2.07. The Kier molecular flexibility index (Phi) is 5.69. The van der Waals surface area contributed by atoms with Crippen LogP contribution in [0.1, 0.15) is 24.9 Å². The number of rotatable bonds is 6. The lowest BCUT2D eigenvalue weighted by molar-refractivity contribution is 0.195. The van der Waals surface area contributed by atoms with Crippen LogP contribution in [0, 0.1) is 0 Å². The average Bonchev–Trinajstić information content (AvgIpc) is 2.24. The van der Waals surface area contributed by atoms with E-state index in [4.69, 9.17) is 16.3 Å². The van der Waals surface area contributed by atoms with Gasteiger partial charge in [0, 0.05) is 24.7 Å². The topological polar surface area (TPSA) is 21.3 Å². The highest BCUT2D eigenvalue weighted by atomic mass is 35.5. The molecule has 0 unspecified atom stereocenters. The molecule has 0 aromatic heterocycles. The molecule has 0 saturated carbocycles. The molecule has 3 heteroatoms. The molecule has 84 valence electrons. The molecule has 1 atom stereocenters. The fraction of sp³-hybridized carbons (Fsp3) is 0.500. The van der Waals surface area contributed by atoms with E-state index in [-0.39, 0.29) is 0 Å². The second-order valence-electron chi connectivity index (χ2n) is 3.46. The fourth-order valence-electron chi connectivity index (χ4n) is 1.56. The molecule has 1 aromatic rings. The predicted molar refractivity (Wildman–Crippen MR) is 64.4 cm³/mol. The third-order valence-corrected chi connectivity index (χ3v) is 2.59. The molecule has 0 spiro atoms. The Morgan fingerprint density at radius 2 is 2.27 bits per heavy atom. The van der Waals surface area contributed by atoms with Gasteiger partial charge in [-0.05, 0) is 24.1 Å². The first-order valence-corrected chi connectivity index (χ1v) is 5.63. The highest BCUT2D eigenvalue weighted by Crippen LogP contribution is 2.19. The van der Waals surface area contributed by atoms with Crippen molar-refractivity contribution in [2.75, 3.05) is 20.3 Å². The Hall–Kier alpha value is -0.570. The van der Waals surface area contributed by atoms with Crippen LogP contribution < -0.4 is 5.32 Å². The minimum Gasteiger partial charge on any atom is -0.383 e. The van der Waals surface area contributed by atoms with E-state index in [1.807, 2.05) is 18.2 Å². The third kappa shape index (κ3) is 4.20. The van der Waals surface area contributed by atoms with Crippen LogP contribution in [0.25, 0.3) is 0 Å². The number of benzene rings is 1. The van der Waals surface area contributed by atoms with Crippen molar-refractivity contribution in [3.8, 4) is 0 Å². The maximum Gasteiger partial charge on any atom is 0.0587 e. The summed E-state index contributed by atoms with van der Waals surface area (Å²) in [7, 11) is 1.71. The van der Waals surface area contributed by atoms with Crippen LogP contribution in [-0.4, -0.2) is 20.3 Å². The molecule has 15 heavy (non-hydrogen) atoms. The average molecular weight is 228 g/mol. The lowest BCUT2D eigenvalue weighted by atomic mass is 10.0. The monoisotopic (exact) mass is 227 g/mol. The van der Waals surface area contributed by atoms with Crippen LogP contribution in [-0.2, 0) is 4.74 Å². The first kappa shape index (κ1) is 12.5. The molecule has 0 aliphatic heterocycles. The Morgan fingerprint density at radius 3 is 2.87 bits per heavy atom. The van der Waals surface area contributed by atoms with E-state index >= 15 is 0 Å². The van der Waals surface area contributed by atoms with Crippen LogP contribution in [0.15, 0.2) is 24.3 Å². The van der Waals surface area contributed by atoms with Crippen LogP contribution >= 0.6 is 11.6 Å². The summed E-state index contributed by atoms with van der Waals surface area (Å²) < 4.78 is 5.01. The second kappa shape index (κ2) is 6.83. The van der Waals surface area contributed by atoms with Crippen molar-refractivity contribution < 1.29 is 4.74 Å². The fourth-order valence-corrected chi connectivity index (χ4v) is 1.76. The summed E-state index contributed by atoms with van der Waals surface area (Å²) in [5.74, 6) is 0. The normalized spacial score (nSPS) is 12.7. The van der Waals surface area contributed by atoms with Crippen LogP contribution in [0.2, 0.25) is 5.02 Å². The van der Waals surface area contributed by atoms with Gasteiger partial charge in [0.2, 0.25) is 0 Å². The van der Waals surface area contributed by atoms with Gasteiger partial charge in [-0.2, -0.15) is 0 Å². The molecule has 0 aliphatic carbocycles. The molecule has 1 aromatic carbocycles. The maximum atomic E-state index is 5.95. The van der Waals surface area contributed by atoms with Gasteiger partial charge < -0.3 is 10.1 Å². The van der Waals surface area contributed by atoms with E-state index < -0.39 is 0 Å². The summed E-state index contributed by atoms with van der Waals surface area (Å²) in [6.45, 7) is 3.75. The largest absolute Gasteiger partial charge is 0.383 e. The van der Waals surface area contributed by atoms with Crippen LogP contribution in [0.4, 0.5) is 0 Å². The zero-order chi connectivity index (χ0) is 11.1. The minimum absolute atomic E-state index is 0.360. The highest BCUT2D eigenvalue weighted by molar-refractivity contribution is 6.30. The molecule has 0 fully saturated rings. The SMILES string of the molecule is CC[C@@H](NCCOC)c1cccc(Cl)c1. The van der Waals surface area contributed by atoms with E-state index in [1.165, 1.54) is 5.56 Å². The summed E-state index contributed by atoms with van der Waals surface area (Å²) in [5.41, 5.74) is 1.24. The quantitative estimate of drug-likeness (QED) is 0.755. The maximum absolute atomic E-state index is 5.95. The first-order valence-electron chi connectivity index (χ1n) is 5.25. The number of nitrogens with one attached hydrogen (secondary N) is 1. The molecule has 1 N–H and O–H groups in total. The van der Waals surface area contributed by atoms with Crippen molar-refractivity contribution in [1.82, 2.24) is 5.32 Å². The summed E-state index contributed by atoms with van der Waals surface area (Å²) in [6.07, 6.45) is 1.05. The van der Waals surface area contributed by atoms with Crippen molar-refractivity contribution in [3.05, 3.63) is 34.9 Å². The Bertz CT molecular complexity index is 291. The molecular weight excluding hydrogens is 210 g/mol. The molecule has 0 radical (unpaired) electrons. The van der Waals surface area contributed by atoms with Gasteiger partial charge in [0.1, 0.15) is 0 Å². The summed E-state index contributed by atoms with van der Waals surface area (Å²) in [4.78, 5) is 0. The van der Waals surface area contributed by atoms with Crippen molar-refractivity contribution in [1.29, 1.82) is 0 Å². The zero-order valence-corrected chi connectivity index (χ0v) is 10.1. The molecule has 0 amide bonds. The van der Waals surface area contributed by atoms with Gasteiger partial charge in [0.25, 0.3) is 0 Å². The van der Waals surface area contributed by atoms with E-state index in [0.29, 0.717) is 6.04 Å². The van der Waals surface area contributed by atoms with E-state index in [1.54, 1.807) is 7.11 Å². The summed E-state index contributed by atoms with van der Waals surface area (Å²) in [5, 5.41) is 4.22. The molecule has 0 heterocycles. The predicted octanol–water partition coefficient (Wildman–Crippen LogP) is 3.03. The van der Waals surface area contributed by atoms with Gasteiger partial charge in [0.15, 0.2) is 0 Å². The lowest BCUT2D eigenvalue weighted by Gasteiger charge is -2.17. The van der Waals surface area contributed by atoms with E-state index in [2.05, 4.69) is 18.3 Å². The summed E-state index contributed by atoms with van der Waals surface area (Å²) in [6, 6.07) is 8.35. The van der Waals surface area contributed by atoms with Gasteiger partial charge in [-0.15, -0.1) is 0 Å². The second-order valence-corrected chi connectivity index (χ2v) is 3.90.